The summed E-state index contributed by atoms with van der Waals surface area (Å²) in [4.78, 5) is 28.8. The number of sulfonamides is 1. The molecule has 3 aromatic carbocycles. The van der Waals surface area contributed by atoms with Crippen molar-refractivity contribution in [2.75, 3.05) is 23.7 Å². The molecule has 0 radical (unpaired) electrons. The normalized spacial score (nSPS) is 12.2. The summed E-state index contributed by atoms with van der Waals surface area (Å²) in [5.41, 5.74) is 1.95. The van der Waals surface area contributed by atoms with Crippen molar-refractivity contribution >= 4 is 39.1 Å². The summed E-state index contributed by atoms with van der Waals surface area (Å²) in [5, 5.41) is 3.24. The minimum Gasteiger partial charge on any atom is -0.354 e. The van der Waals surface area contributed by atoms with Gasteiger partial charge in [-0.3, -0.25) is 13.9 Å². The lowest BCUT2D eigenvalue weighted by molar-refractivity contribution is -0.140. The number of anilines is 1. The second kappa shape index (κ2) is 13.8. The lowest BCUT2D eigenvalue weighted by atomic mass is 10.0. The third kappa shape index (κ3) is 8.53. The number of hydrogen-bond acceptors (Lipinski definition) is 4. The van der Waals surface area contributed by atoms with Crippen molar-refractivity contribution in [2.24, 2.45) is 5.92 Å². The van der Waals surface area contributed by atoms with Gasteiger partial charge in [0.1, 0.15) is 18.4 Å². The molecule has 0 saturated heterocycles. The fourth-order valence-corrected chi connectivity index (χ4v) is 5.15. The Kier molecular flexibility index (Phi) is 10.7. The Hall–Kier alpha value is -3.43. The van der Waals surface area contributed by atoms with E-state index in [0.29, 0.717) is 11.6 Å². The van der Waals surface area contributed by atoms with Crippen LogP contribution in [0.5, 0.6) is 0 Å². The van der Waals surface area contributed by atoms with Crippen LogP contribution in [0.2, 0.25) is 5.02 Å². The summed E-state index contributed by atoms with van der Waals surface area (Å²) in [7, 11) is -3.93. The number of hydrogen-bond donors (Lipinski definition) is 1. The zero-order chi connectivity index (χ0) is 29.4. The molecule has 1 atom stereocenters. The van der Waals surface area contributed by atoms with Gasteiger partial charge in [-0.25, -0.2) is 12.8 Å². The van der Waals surface area contributed by atoms with Crippen LogP contribution >= 0.6 is 11.6 Å². The van der Waals surface area contributed by atoms with Crippen LogP contribution in [0.15, 0.2) is 72.8 Å². The van der Waals surface area contributed by atoms with E-state index in [1.54, 1.807) is 25.1 Å². The summed E-state index contributed by atoms with van der Waals surface area (Å²) in [6.45, 7) is 5.22. The summed E-state index contributed by atoms with van der Waals surface area (Å²) in [6, 6.07) is 18.8. The Bertz CT molecular complexity index is 1430. The zero-order valence-electron chi connectivity index (χ0n) is 23.1. The molecule has 7 nitrogen and oxygen atoms in total. The number of nitrogens with zero attached hydrogens (tertiary/aromatic N) is 2. The van der Waals surface area contributed by atoms with Crippen LogP contribution in [-0.4, -0.2) is 50.5 Å². The number of amides is 2. The van der Waals surface area contributed by atoms with Gasteiger partial charge in [-0.1, -0.05) is 80.0 Å². The molecule has 0 aromatic heterocycles. The van der Waals surface area contributed by atoms with Gasteiger partial charge in [-0.05, 0) is 42.2 Å². The topological polar surface area (TPSA) is 86.8 Å². The third-order valence-electron chi connectivity index (χ3n) is 6.38. The van der Waals surface area contributed by atoms with Crippen LogP contribution in [0.4, 0.5) is 10.1 Å². The number of carbonyl (C=O) groups is 2. The number of aryl methyl sites for hydroxylation is 1. The second-order valence-electron chi connectivity index (χ2n) is 10.2. The van der Waals surface area contributed by atoms with Crippen LogP contribution < -0.4 is 9.62 Å². The number of carbonyl (C=O) groups excluding carboxylic acids is 2. The molecule has 3 rings (SSSR count). The van der Waals surface area contributed by atoms with E-state index in [1.165, 1.54) is 29.2 Å². The van der Waals surface area contributed by atoms with Crippen molar-refractivity contribution in [3.05, 3.63) is 100 Å². The molecule has 40 heavy (non-hydrogen) atoms. The average molecular weight is 588 g/mol. The Morgan fingerprint density at radius 1 is 1.00 bits per heavy atom. The molecule has 0 bridgehead atoms. The van der Waals surface area contributed by atoms with Crippen molar-refractivity contribution in [1.82, 2.24) is 10.2 Å². The van der Waals surface area contributed by atoms with E-state index in [9.17, 15) is 22.4 Å². The lowest BCUT2D eigenvalue weighted by Crippen LogP contribution is -2.53. The van der Waals surface area contributed by atoms with E-state index in [-0.39, 0.29) is 30.1 Å². The molecule has 0 aliphatic heterocycles. The van der Waals surface area contributed by atoms with Crippen molar-refractivity contribution < 1.29 is 22.4 Å². The maximum Gasteiger partial charge on any atom is 0.244 e. The second-order valence-corrected chi connectivity index (χ2v) is 12.5. The Morgan fingerprint density at radius 2 is 1.65 bits per heavy atom. The van der Waals surface area contributed by atoms with Crippen LogP contribution in [0.25, 0.3) is 0 Å². The van der Waals surface area contributed by atoms with Gasteiger partial charge < -0.3 is 10.2 Å². The number of halogens is 2. The van der Waals surface area contributed by atoms with Gasteiger partial charge in [0.25, 0.3) is 0 Å². The van der Waals surface area contributed by atoms with Crippen LogP contribution in [-0.2, 0) is 32.6 Å². The van der Waals surface area contributed by atoms with Crippen LogP contribution in [0.3, 0.4) is 0 Å². The van der Waals surface area contributed by atoms with Crippen molar-refractivity contribution in [3.63, 3.8) is 0 Å². The lowest BCUT2D eigenvalue weighted by Gasteiger charge is -2.33. The summed E-state index contributed by atoms with van der Waals surface area (Å²) >= 11 is 6.26. The Labute approximate surface area is 241 Å². The van der Waals surface area contributed by atoms with E-state index < -0.39 is 40.2 Å². The number of nitrogens with one attached hydrogen (secondary N) is 1. The van der Waals surface area contributed by atoms with Crippen molar-refractivity contribution in [2.45, 2.75) is 39.8 Å². The minimum atomic E-state index is -3.93. The van der Waals surface area contributed by atoms with Gasteiger partial charge in [0.2, 0.25) is 21.8 Å². The SMILES string of the molecule is Cc1ccc(N(CC(=O)N(Cc2ccccc2F)C(Cc2ccccc2)C(=O)NCC(C)C)S(C)(=O)=O)cc1Cl. The molecule has 0 aliphatic rings. The van der Waals surface area contributed by atoms with E-state index in [2.05, 4.69) is 5.32 Å². The molecular formula is C30H35ClFN3O4S. The molecule has 0 heterocycles. The molecule has 214 valence electrons. The average Bonchev–Trinajstić information content (AvgIpc) is 2.90. The first-order chi connectivity index (χ1) is 18.9. The monoisotopic (exact) mass is 587 g/mol. The van der Waals surface area contributed by atoms with Gasteiger partial charge in [-0.15, -0.1) is 0 Å². The molecular weight excluding hydrogens is 553 g/mol. The van der Waals surface area contributed by atoms with Gasteiger partial charge in [0, 0.05) is 30.1 Å². The summed E-state index contributed by atoms with van der Waals surface area (Å²) < 4.78 is 41.4. The maximum atomic E-state index is 14.8. The van der Waals surface area contributed by atoms with Gasteiger partial charge >= 0.3 is 0 Å². The van der Waals surface area contributed by atoms with Gasteiger partial charge in [-0.2, -0.15) is 0 Å². The highest BCUT2D eigenvalue weighted by molar-refractivity contribution is 7.92. The quantitative estimate of drug-likeness (QED) is 0.324. The molecule has 2 amide bonds. The maximum absolute atomic E-state index is 14.8. The third-order valence-corrected chi connectivity index (χ3v) is 7.92. The molecule has 1 N–H and O–H groups in total. The molecule has 0 fully saturated rings. The van der Waals surface area contributed by atoms with Crippen LogP contribution in [0, 0.1) is 18.7 Å². The smallest absolute Gasteiger partial charge is 0.244 e. The molecule has 0 aliphatic carbocycles. The molecule has 0 spiro atoms. The number of rotatable bonds is 12. The summed E-state index contributed by atoms with van der Waals surface area (Å²) in [5.74, 6) is -1.45. The van der Waals surface area contributed by atoms with Crippen molar-refractivity contribution in [1.29, 1.82) is 0 Å². The molecule has 10 heteroatoms. The van der Waals surface area contributed by atoms with E-state index in [1.807, 2.05) is 44.2 Å². The summed E-state index contributed by atoms with van der Waals surface area (Å²) in [6.07, 6.45) is 1.15. The highest BCUT2D eigenvalue weighted by atomic mass is 35.5. The minimum absolute atomic E-state index is 0.153. The predicted octanol–water partition coefficient (Wildman–Crippen LogP) is 4.97. The van der Waals surface area contributed by atoms with Crippen molar-refractivity contribution in [3.8, 4) is 0 Å². The Balaban J connectivity index is 2.07. The first kappa shape index (κ1) is 31.1. The van der Waals surface area contributed by atoms with Gasteiger partial charge in [0.05, 0.1) is 11.9 Å². The highest BCUT2D eigenvalue weighted by Crippen LogP contribution is 2.26. The Morgan fingerprint density at radius 3 is 2.25 bits per heavy atom. The van der Waals surface area contributed by atoms with E-state index in [4.69, 9.17) is 11.6 Å². The first-order valence-electron chi connectivity index (χ1n) is 12.9. The highest BCUT2D eigenvalue weighted by Gasteiger charge is 2.33. The predicted molar refractivity (Wildman–Crippen MR) is 157 cm³/mol. The fourth-order valence-electron chi connectivity index (χ4n) is 4.14. The molecule has 3 aromatic rings. The standard InChI is InChI=1S/C30H35ClFN3O4S/c1-21(2)18-33-30(37)28(16-23-10-6-5-7-11-23)34(19-24-12-8-9-13-27(24)32)29(36)20-35(40(4,38)39)25-15-14-22(3)26(31)17-25/h5-15,17,21,28H,16,18-20H2,1-4H3,(H,33,37). The first-order valence-corrected chi connectivity index (χ1v) is 15.2. The van der Waals surface area contributed by atoms with E-state index in [0.717, 1.165) is 21.7 Å². The fraction of sp³-hybridized carbons (Fsp3) is 0.333. The van der Waals surface area contributed by atoms with Gasteiger partial charge in [0.15, 0.2) is 0 Å². The molecule has 0 saturated carbocycles. The largest absolute Gasteiger partial charge is 0.354 e. The zero-order valence-corrected chi connectivity index (χ0v) is 24.7. The molecule has 1 unspecified atom stereocenters. The van der Waals surface area contributed by atoms with E-state index >= 15 is 0 Å². The van der Waals surface area contributed by atoms with Crippen LogP contribution in [0.1, 0.15) is 30.5 Å². The number of benzene rings is 3.